The quantitative estimate of drug-likeness (QED) is 0.126. The largest absolute Gasteiger partial charge is 0.477 e. The van der Waals surface area contributed by atoms with Gasteiger partial charge in [0.2, 0.25) is 11.8 Å². The van der Waals surface area contributed by atoms with Crippen LogP contribution in [0.2, 0.25) is 0 Å². The van der Waals surface area contributed by atoms with Crippen molar-refractivity contribution in [1.82, 2.24) is 20.4 Å². The number of β-lactam (4-membered cyclic amide) rings is 2. The molecule has 18 heteroatoms. The number of nitrogens with zero attached hydrogens (tertiary/aromatic N) is 2. The molecule has 5 rings (SSSR count). The van der Waals surface area contributed by atoms with Gasteiger partial charge in [0.25, 0.3) is 11.8 Å². The van der Waals surface area contributed by atoms with Crippen LogP contribution in [0.4, 0.5) is 0 Å². The molecule has 4 amide bonds. The van der Waals surface area contributed by atoms with Gasteiger partial charge >= 0.3 is 23.9 Å². The average Bonchev–Trinajstić information content (AvgIpc) is 3.02. The highest BCUT2D eigenvalue weighted by Crippen LogP contribution is 2.42. The van der Waals surface area contributed by atoms with Crippen LogP contribution >= 0.6 is 23.5 Å². The predicted octanol–water partition coefficient (Wildman–Crippen LogP) is -0.828. The zero-order chi connectivity index (χ0) is 33.4. The summed E-state index contributed by atoms with van der Waals surface area (Å²) in [6.07, 6.45) is 4.02. The van der Waals surface area contributed by atoms with Crippen LogP contribution < -0.4 is 10.6 Å². The van der Waals surface area contributed by atoms with Crippen molar-refractivity contribution >= 4 is 71.0 Å². The molecule has 0 aromatic heterocycles. The van der Waals surface area contributed by atoms with Crippen LogP contribution in [0.5, 0.6) is 0 Å². The molecule has 0 aromatic rings. The molecule has 0 saturated carbocycles. The Kier molecular flexibility index (Phi) is 9.48. The van der Waals surface area contributed by atoms with E-state index in [9.17, 15) is 48.6 Å². The Balaban J connectivity index is 1.23. The Morgan fingerprint density at radius 1 is 0.804 bits per heavy atom. The van der Waals surface area contributed by atoms with Gasteiger partial charge in [-0.05, 0) is 12.8 Å². The van der Waals surface area contributed by atoms with Gasteiger partial charge < -0.3 is 30.3 Å². The first-order chi connectivity index (χ1) is 21.8. The molecule has 4 aliphatic heterocycles. The van der Waals surface area contributed by atoms with Crippen molar-refractivity contribution in [3.8, 4) is 0 Å². The van der Waals surface area contributed by atoms with Crippen molar-refractivity contribution < 1.29 is 58.0 Å². The van der Waals surface area contributed by atoms with E-state index >= 15 is 0 Å². The Bertz CT molecular complexity index is 1520. The fourth-order valence-electron chi connectivity index (χ4n) is 5.87. The van der Waals surface area contributed by atoms with Crippen molar-refractivity contribution in [2.45, 2.75) is 49.5 Å². The third kappa shape index (κ3) is 6.10. The number of aliphatic carboxylic acids is 2. The highest BCUT2D eigenvalue weighted by atomic mass is 32.2. The predicted molar refractivity (Wildman–Crippen MR) is 158 cm³/mol. The Morgan fingerprint density at radius 2 is 1.26 bits per heavy atom. The number of fused-ring (bicyclic) bond motifs is 2. The van der Waals surface area contributed by atoms with Crippen molar-refractivity contribution in [2.75, 3.05) is 24.7 Å². The molecule has 2 saturated heterocycles. The fraction of sp³-hybridized carbons (Fsp3) is 0.500. The molecule has 6 atom stereocenters. The number of carboxylic acids is 2. The Labute approximate surface area is 269 Å². The summed E-state index contributed by atoms with van der Waals surface area (Å²) in [5.74, 6) is -8.05. The van der Waals surface area contributed by atoms with Crippen LogP contribution in [0.3, 0.4) is 0 Å². The molecular formula is C28H30N4O12S2. The minimum absolute atomic E-state index is 0.153. The normalized spacial score (nSPS) is 28.3. The number of nitrogens with one attached hydrogen (secondary N) is 2. The first kappa shape index (κ1) is 33.1. The molecule has 46 heavy (non-hydrogen) atoms. The number of rotatable bonds is 10. The average molecular weight is 679 g/mol. The molecule has 0 bridgehead atoms. The highest BCUT2D eigenvalue weighted by molar-refractivity contribution is 8.00. The monoisotopic (exact) mass is 678 g/mol. The lowest BCUT2D eigenvalue weighted by atomic mass is 9.82. The molecule has 4 N–H and O–H groups in total. The van der Waals surface area contributed by atoms with Gasteiger partial charge in [-0.25, -0.2) is 9.59 Å². The van der Waals surface area contributed by atoms with Crippen LogP contribution in [-0.2, 0) is 47.8 Å². The van der Waals surface area contributed by atoms with E-state index < -0.39 is 82.2 Å². The highest BCUT2D eigenvalue weighted by Gasteiger charge is 2.56. The van der Waals surface area contributed by atoms with Gasteiger partial charge in [0.05, 0.1) is 11.8 Å². The minimum atomic E-state index is -1.37. The Hall–Kier alpha value is -4.32. The Morgan fingerprint density at radius 3 is 1.70 bits per heavy atom. The maximum absolute atomic E-state index is 13.4. The van der Waals surface area contributed by atoms with E-state index in [0.29, 0.717) is 6.42 Å². The molecule has 246 valence electrons. The first-order valence-corrected chi connectivity index (χ1v) is 16.3. The second-order valence-corrected chi connectivity index (χ2v) is 13.2. The van der Waals surface area contributed by atoms with Crippen LogP contribution in [0.15, 0.2) is 34.7 Å². The van der Waals surface area contributed by atoms with E-state index in [0.717, 1.165) is 9.80 Å². The molecule has 0 spiro atoms. The lowest BCUT2D eigenvalue weighted by Gasteiger charge is -2.50. The van der Waals surface area contributed by atoms with E-state index in [1.807, 2.05) is 0 Å². The lowest BCUT2D eigenvalue weighted by molar-refractivity contribution is -0.152. The zero-order valence-electron chi connectivity index (χ0n) is 24.5. The van der Waals surface area contributed by atoms with Gasteiger partial charge in [-0.15, -0.1) is 23.5 Å². The van der Waals surface area contributed by atoms with Crippen LogP contribution in [0.1, 0.15) is 26.7 Å². The number of thioether (sulfide) groups is 2. The molecule has 16 nitrogen and oxygen atoms in total. The molecule has 4 heterocycles. The number of carboxylic acid groups (broad SMARTS) is 2. The second kappa shape index (κ2) is 13.2. The number of carbonyl (C=O) groups is 8. The van der Waals surface area contributed by atoms with E-state index in [2.05, 4.69) is 10.6 Å². The van der Waals surface area contributed by atoms with E-state index in [1.54, 1.807) is 12.2 Å². The SMILES string of the molecule is CC(=O)OCC1=C(C(=O)O)N2C(=O)[C@@H](NC(=O)C3C=CCCC3C(=O)N[C@@H]3C(=O)N4C(C(=O)O)=C(COC(C)=O)CS[C@H]34)[C@H]2SC1. The van der Waals surface area contributed by atoms with Crippen LogP contribution in [0, 0.1) is 11.8 Å². The summed E-state index contributed by atoms with van der Waals surface area (Å²) < 4.78 is 9.86. The van der Waals surface area contributed by atoms with E-state index in [4.69, 9.17) is 9.47 Å². The number of hydrogen-bond donors (Lipinski definition) is 4. The maximum Gasteiger partial charge on any atom is 0.352 e. The number of allylic oxidation sites excluding steroid dienone is 1. The standard InChI is InChI=1S/C28H30N4O12S2/c1-11(33)43-7-13-9-45-25-17(23(37)31(25)19(13)27(39)40)29-21(35)15-5-3-4-6-16(15)22(36)30-18-24(38)32-20(28(41)42)14(8-44-12(2)34)10-46-26(18)32/h3,5,15-18,25-26H,4,6-10H2,1-2H3,(H,29,35)(H,30,36)(H,39,40)(H,41,42)/t15?,16?,17-,18-,25-,26-/m1/s1. The molecule has 0 aromatic carbocycles. The third-order valence-corrected chi connectivity index (χ3v) is 10.7. The minimum Gasteiger partial charge on any atom is -0.477 e. The van der Waals surface area contributed by atoms with Crippen LogP contribution in [-0.4, -0.2) is 115 Å². The molecule has 0 radical (unpaired) electrons. The van der Waals surface area contributed by atoms with Crippen molar-refractivity contribution in [2.24, 2.45) is 11.8 Å². The van der Waals surface area contributed by atoms with Gasteiger partial charge in [0, 0.05) is 36.5 Å². The van der Waals surface area contributed by atoms with Crippen molar-refractivity contribution in [3.63, 3.8) is 0 Å². The number of amides is 4. The second-order valence-electron chi connectivity index (χ2n) is 11.0. The van der Waals surface area contributed by atoms with Gasteiger partial charge in [-0.1, -0.05) is 12.2 Å². The summed E-state index contributed by atoms with van der Waals surface area (Å²) in [4.78, 5) is 101. The molecule has 2 unspecified atom stereocenters. The smallest absolute Gasteiger partial charge is 0.352 e. The summed E-state index contributed by atoms with van der Waals surface area (Å²) in [6, 6.07) is -2.09. The van der Waals surface area contributed by atoms with E-state index in [1.165, 1.54) is 37.4 Å². The summed E-state index contributed by atoms with van der Waals surface area (Å²) in [6.45, 7) is 1.79. The number of ether oxygens (including phenoxy) is 2. The molecular weight excluding hydrogens is 648 g/mol. The van der Waals surface area contributed by atoms with Crippen molar-refractivity contribution in [1.29, 1.82) is 0 Å². The molecule has 1 aliphatic carbocycles. The number of carbonyl (C=O) groups excluding carboxylic acids is 6. The maximum atomic E-state index is 13.4. The molecule has 2 fully saturated rings. The number of esters is 2. The van der Waals surface area contributed by atoms with Crippen LogP contribution in [0.25, 0.3) is 0 Å². The van der Waals surface area contributed by atoms with Gasteiger partial charge in [-0.3, -0.25) is 38.6 Å². The summed E-state index contributed by atoms with van der Waals surface area (Å²) >= 11 is 2.41. The third-order valence-electron chi connectivity index (χ3n) is 8.06. The topological polar surface area (TPSA) is 226 Å². The van der Waals surface area contributed by atoms with Gasteiger partial charge in [0.15, 0.2) is 0 Å². The zero-order valence-corrected chi connectivity index (χ0v) is 26.2. The van der Waals surface area contributed by atoms with Gasteiger partial charge in [0.1, 0.15) is 47.4 Å². The first-order valence-electron chi connectivity index (χ1n) is 14.2. The van der Waals surface area contributed by atoms with Crippen molar-refractivity contribution in [3.05, 3.63) is 34.7 Å². The lowest BCUT2D eigenvalue weighted by Crippen LogP contribution is -2.72. The molecule has 5 aliphatic rings. The van der Waals surface area contributed by atoms with Gasteiger partial charge in [-0.2, -0.15) is 0 Å². The number of hydrogen-bond acceptors (Lipinski definition) is 12. The summed E-state index contributed by atoms with van der Waals surface area (Å²) in [7, 11) is 0. The summed E-state index contributed by atoms with van der Waals surface area (Å²) in [5.41, 5.74) is -0.0871. The summed E-state index contributed by atoms with van der Waals surface area (Å²) in [5, 5.41) is 23.4. The van der Waals surface area contributed by atoms with E-state index in [-0.39, 0.29) is 53.7 Å². The fourth-order valence-corrected chi connectivity index (χ4v) is 8.53.